The summed E-state index contributed by atoms with van der Waals surface area (Å²) in [5, 5.41) is 22.1. The fourth-order valence-corrected chi connectivity index (χ4v) is 4.29. The monoisotopic (exact) mass is 478 g/mol. The Bertz CT molecular complexity index is 1300. The molecule has 0 spiro atoms. The standard InChI is InChI=1S/C26H23ClN2O5/c1-14(2)18-12-16(4-7-21(18)34-3)24(31)22-23(15-8-10-28-11-9-15)29(26(33)25(22)32)19-13-17(27)5-6-20(19)30/h4-14,23,30-31H,1-3H3/b24-22-. The number of halogens is 1. The third-order valence-electron chi connectivity index (χ3n) is 5.79. The van der Waals surface area contributed by atoms with Gasteiger partial charge in [0, 0.05) is 23.0 Å². The van der Waals surface area contributed by atoms with Gasteiger partial charge in [-0.1, -0.05) is 25.4 Å². The number of hydrogen-bond acceptors (Lipinski definition) is 6. The van der Waals surface area contributed by atoms with Crippen LogP contribution in [0.4, 0.5) is 5.69 Å². The van der Waals surface area contributed by atoms with Crippen LogP contribution in [0.25, 0.3) is 5.76 Å². The predicted octanol–water partition coefficient (Wildman–Crippen LogP) is 5.20. The Labute approximate surface area is 201 Å². The molecule has 3 aromatic rings. The van der Waals surface area contributed by atoms with Crippen LogP contribution in [-0.2, 0) is 9.59 Å². The van der Waals surface area contributed by atoms with E-state index in [1.165, 1.54) is 30.6 Å². The summed E-state index contributed by atoms with van der Waals surface area (Å²) in [6, 6.07) is 11.6. The van der Waals surface area contributed by atoms with Crippen molar-refractivity contribution in [3.8, 4) is 11.5 Å². The summed E-state index contributed by atoms with van der Waals surface area (Å²) in [4.78, 5) is 31.6. The van der Waals surface area contributed by atoms with Gasteiger partial charge in [0.05, 0.1) is 24.4 Å². The smallest absolute Gasteiger partial charge is 0.300 e. The van der Waals surface area contributed by atoms with Gasteiger partial charge in [-0.25, -0.2) is 0 Å². The largest absolute Gasteiger partial charge is 0.507 e. The Hall–Kier alpha value is -3.84. The average molecular weight is 479 g/mol. The fourth-order valence-electron chi connectivity index (χ4n) is 4.12. The molecule has 1 aliphatic rings. The highest BCUT2D eigenvalue weighted by atomic mass is 35.5. The van der Waals surface area contributed by atoms with Crippen molar-refractivity contribution in [3.63, 3.8) is 0 Å². The zero-order valence-corrected chi connectivity index (χ0v) is 19.6. The van der Waals surface area contributed by atoms with Crippen LogP contribution in [-0.4, -0.2) is 34.0 Å². The van der Waals surface area contributed by atoms with Crippen molar-refractivity contribution in [2.24, 2.45) is 0 Å². The normalized spacial score (nSPS) is 17.4. The fraction of sp³-hybridized carbons (Fsp3) is 0.192. The number of benzene rings is 2. The van der Waals surface area contributed by atoms with Gasteiger partial charge in [0.1, 0.15) is 17.3 Å². The molecule has 1 unspecified atom stereocenters. The molecule has 1 atom stereocenters. The van der Waals surface area contributed by atoms with E-state index in [1.807, 2.05) is 13.8 Å². The number of ether oxygens (including phenoxy) is 1. The minimum Gasteiger partial charge on any atom is -0.507 e. The van der Waals surface area contributed by atoms with Crippen molar-refractivity contribution < 1.29 is 24.5 Å². The van der Waals surface area contributed by atoms with E-state index in [2.05, 4.69) is 4.98 Å². The quantitative estimate of drug-likeness (QED) is 0.297. The third kappa shape index (κ3) is 3.99. The first-order valence-corrected chi connectivity index (χ1v) is 11.0. The molecule has 0 bridgehead atoms. The number of phenols is 1. The number of aromatic hydroxyl groups is 1. The third-order valence-corrected chi connectivity index (χ3v) is 6.02. The number of rotatable bonds is 5. The second-order valence-corrected chi connectivity index (χ2v) is 8.63. The Morgan fingerprint density at radius 2 is 1.79 bits per heavy atom. The number of nitrogens with zero attached hydrogens (tertiary/aromatic N) is 2. The second-order valence-electron chi connectivity index (χ2n) is 8.19. The van der Waals surface area contributed by atoms with Crippen LogP contribution in [0.5, 0.6) is 11.5 Å². The summed E-state index contributed by atoms with van der Waals surface area (Å²) >= 11 is 6.13. The number of aromatic nitrogens is 1. The lowest BCUT2D eigenvalue weighted by Crippen LogP contribution is -2.29. The number of aliphatic hydroxyl groups is 1. The molecule has 2 heterocycles. The molecule has 0 saturated carbocycles. The van der Waals surface area contributed by atoms with Gasteiger partial charge in [0.2, 0.25) is 0 Å². The van der Waals surface area contributed by atoms with Gasteiger partial charge < -0.3 is 14.9 Å². The van der Waals surface area contributed by atoms with Crippen molar-refractivity contribution in [2.45, 2.75) is 25.8 Å². The molecule has 174 valence electrons. The summed E-state index contributed by atoms with van der Waals surface area (Å²) in [6.45, 7) is 3.97. The lowest BCUT2D eigenvalue weighted by Gasteiger charge is -2.26. The van der Waals surface area contributed by atoms with E-state index in [9.17, 15) is 19.8 Å². The van der Waals surface area contributed by atoms with Crippen LogP contribution in [0.3, 0.4) is 0 Å². The van der Waals surface area contributed by atoms with E-state index < -0.39 is 17.7 Å². The van der Waals surface area contributed by atoms with Crippen molar-refractivity contribution in [3.05, 3.63) is 88.2 Å². The molecule has 8 heteroatoms. The minimum atomic E-state index is -1.00. The summed E-state index contributed by atoms with van der Waals surface area (Å²) in [5.41, 5.74) is 1.71. The molecule has 1 fully saturated rings. The number of carbonyl (C=O) groups is 2. The first-order chi connectivity index (χ1) is 16.2. The van der Waals surface area contributed by atoms with E-state index in [1.54, 1.807) is 37.4 Å². The lowest BCUT2D eigenvalue weighted by molar-refractivity contribution is -0.132. The number of Topliss-reactive ketones (excluding diaryl/α,β-unsaturated/α-hetero) is 1. The first-order valence-electron chi connectivity index (χ1n) is 10.6. The molecule has 1 amide bonds. The number of anilines is 1. The first kappa shape index (κ1) is 23.3. The number of carbonyl (C=O) groups excluding carboxylic acids is 2. The molecule has 2 N–H and O–H groups in total. The molecule has 1 saturated heterocycles. The molecule has 1 aromatic heterocycles. The SMILES string of the molecule is COc1ccc(/C(O)=C2/C(=O)C(=O)N(c3cc(Cl)ccc3O)C2c2ccncc2)cc1C(C)C. The Morgan fingerprint density at radius 3 is 2.44 bits per heavy atom. The maximum atomic E-state index is 13.3. The van der Waals surface area contributed by atoms with Crippen LogP contribution >= 0.6 is 11.6 Å². The highest BCUT2D eigenvalue weighted by Crippen LogP contribution is 2.45. The molecular formula is C26H23ClN2O5. The Balaban J connectivity index is 1.97. The number of pyridine rings is 1. The van der Waals surface area contributed by atoms with Crippen molar-refractivity contribution >= 4 is 34.7 Å². The predicted molar refractivity (Wildman–Crippen MR) is 129 cm³/mol. The highest BCUT2D eigenvalue weighted by molar-refractivity contribution is 6.52. The number of hydrogen-bond donors (Lipinski definition) is 2. The van der Waals surface area contributed by atoms with Gasteiger partial charge in [-0.3, -0.25) is 19.5 Å². The summed E-state index contributed by atoms with van der Waals surface area (Å²) < 4.78 is 5.42. The number of aliphatic hydroxyl groups excluding tert-OH is 1. The topological polar surface area (TPSA) is 100.0 Å². The second kappa shape index (κ2) is 9.19. The maximum absolute atomic E-state index is 13.3. The van der Waals surface area contributed by atoms with Gasteiger partial charge in [0.25, 0.3) is 11.7 Å². The van der Waals surface area contributed by atoms with Crippen LogP contribution in [0, 0.1) is 0 Å². The zero-order chi connectivity index (χ0) is 24.6. The minimum absolute atomic E-state index is 0.0630. The van der Waals surface area contributed by atoms with E-state index in [4.69, 9.17) is 16.3 Å². The van der Waals surface area contributed by atoms with E-state index in [0.717, 1.165) is 10.5 Å². The van der Waals surface area contributed by atoms with E-state index in [0.29, 0.717) is 16.9 Å². The number of ketones is 1. The van der Waals surface area contributed by atoms with Gasteiger partial charge in [0.15, 0.2) is 0 Å². The molecule has 1 aliphatic heterocycles. The van der Waals surface area contributed by atoms with Gasteiger partial charge in [-0.05, 0) is 65.6 Å². The molecular weight excluding hydrogens is 456 g/mol. The van der Waals surface area contributed by atoms with Gasteiger partial charge in [-0.15, -0.1) is 0 Å². The maximum Gasteiger partial charge on any atom is 0.300 e. The van der Waals surface area contributed by atoms with E-state index in [-0.39, 0.29) is 33.7 Å². The van der Waals surface area contributed by atoms with Gasteiger partial charge in [-0.2, -0.15) is 0 Å². The van der Waals surface area contributed by atoms with Crippen LogP contribution in [0.1, 0.15) is 42.5 Å². The van der Waals surface area contributed by atoms with E-state index >= 15 is 0 Å². The Morgan fingerprint density at radius 1 is 1.09 bits per heavy atom. The van der Waals surface area contributed by atoms with Crippen LogP contribution < -0.4 is 9.64 Å². The Kier molecular flexibility index (Phi) is 6.30. The number of amides is 1. The molecule has 0 radical (unpaired) electrons. The van der Waals surface area contributed by atoms with Gasteiger partial charge >= 0.3 is 0 Å². The van der Waals surface area contributed by atoms with Crippen LogP contribution in [0.15, 0.2) is 66.5 Å². The summed E-state index contributed by atoms with van der Waals surface area (Å²) in [7, 11) is 1.56. The molecule has 0 aliphatic carbocycles. The molecule has 34 heavy (non-hydrogen) atoms. The summed E-state index contributed by atoms with van der Waals surface area (Å²) in [5.74, 6) is -1.57. The van der Waals surface area contributed by atoms with Crippen LogP contribution in [0.2, 0.25) is 5.02 Å². The number of phenolic OH excluding ortho intramolecular Hbond substituents is 1. The zero-order valence-electron chi connectivity index (χ0n) is 18.8. The highest BCUT2D eigenvalue weighted by Gasteiger charge is 2.47. The molecule has 2 aromatic carbocycles. The van der Waals surface area contributed by atoms with Crippen molar-refractivity contribution in [1.29, 1.82) is 0 Å². The lowest BCUT2D eigenvalue weighted by atomic mass is 9.93. The molecule has 7 nitrogen and oxygen atoms in total. The average Bonchev–Trinajstić information content (AvgIpc) is 3.10. The van der Waals surface area contributed by atoms with Crippen molar-refractivity contribution in [1.82, 2.24) is 4.98 Å². The van der Waals surface area contributed by atoms with Crippen molar-refractivity contribution in [2.75, 3.05) is 12.0 Å². The molecule has 4 rings (SSSR count). The summed E-state index contributed by atoms with van der Waals surface area (Å²) in [6.07, 6.45) is 3.05. The number of methoxy groups -OCH3 is 1.